The lowest BCUT2D eigenvalue weighted by Crippen LogP contribution is -2.47. The molecule has 0 saturated carbocycles. The molecule has 1 N–H and O–H groups in total. The topological polar surface area (TPSA) is 27.6 Å². The van der Waals surface area contributed by atoms with Crippen LogP contribution in [0.1, 0.15) is 6.42 Å². The third kappa shape index (κ3) is 0.904. The molecule has 2 rings (SSSR count). The summed E-state index contributed by atoms with van der Waals surface area (Å²) < 4.78 is 0. The highest BCUT2D eigenvalue weighted by Crippen LogP contribution is 2.14. The first-order valence-electron chi connectivity index (χ1n) is 3.82. The van der Waals surface area contributed by atoms with Gasteiger partial charge in [-0.2, -0.15) is 0 Å². The minimum atomic E-state index is 0.566. The van der Waals surface area contributed by atoms with Crippen LogP contribution < -0.4 is 5.32 Å². The molecule has 0 aliphatic carbocycles. The molecule has 2 heterocycles. The first-order valence-corrected chi connectivity index (χ1v) is 3.82. The number of fused-ring (bicyclic) bond motifs is 1. The van der Waals surface area contributed by atoms with Gasteiger partial charge in [0, 0.05) is 13.1 Å². The van der Waals surface area contributed by atoms with Gasteiger partial charge in [-0.3, -0.25) is 4.99 Å². The van der Waals surface area contributed by atoms with Crippen LogP contribution in [-0.4, -0.2) is 43.5 Å². The first kappa shape index (κ1) is 6.16. The van der Waals surface area contributed by atoms with Crippen LogP contribution in [0.2, 0.25) is 0 Å². The Balaban J connectivity index is 2.01. The summed E-state index contributed by atoms with van der Waals surface area (Å²) in [6.07, 6.45) is 3.07. The van der Waals surface area contributed by atoms with E-state index < -0.39 is 0 Å². The summed E-state index contributed by atoms with van der Waals surface area (Å²) in [4.78, 5) is 6.68. The van der Waals surface area contributed by atoms with Crippen LogP contribution >= 0.6 is 0 Å². The van der Waals surface area contributed by atoms with E-state index in [0.29, 0.717) is 12.1 Å². The summed E-state index contributed by atoms with van der Waals surface area (Å²) in [5.41, 5.74) is 0. The Labute approximate surface area is 61.1 Å². The van der Waals surface area contributed by atoms with Gasteiger partial charge in [0.1, 0.15) is 0 Å². The minimum Gasteiger partial charge on any atom is -0.370 e. The highest BCUT2D eigenvalue weighted by atomic mass is 15.2. The molecule has 3 heteroatoms. The maximum Gasteiger partial charge on any atom is 0.0831 e. The van der Waals surface area contributed by atoms with E-state index in [-0.39, 0.29) is 0 Å². The zero-order chi connectivity index (χ0) is 6.97. The Morgan fingerprint density at radius 1 is 1.70 bits per heavy atom. The Kier molecular flexibility index (Phi) is 1.38. The van der Waals surface area contributed by atoms with Crippen LogP contribution in [0.25, 0.3) is 0 Å². The average molecular weight is 139 g/mol. The third-order valence-corrected chi connectivity index (χ3v) is 2.33. The summed E-state index contributed by atoms with van der Waals surface area (Å²) in [7, 11) is 2.16. The van der Waals surface area contributed by atoms with Gasteiger partial charge >= 0.3 is 0 Å². The summed E-state index contributed by atoms with van der Waals surface area (Å²) in [6, 6.07) is 1.16. The number of rotatable bonds is 0. The highest BCUT2D eigenvalue weighted by molar-refractivity contribution is 5.58. The molecule has 0 aromatic heterocycles. The van der Waals surface area contributed by atoms with Crippen molar-refractivity contribution in [3.8, 4) is 0 Å². The molecule has 1 saturated heterocycles. The van der Waals surface area contributed by atoms with Crippen LogP contribution in [0.5, 0.6) is 0 Å². The number of piperidine rings is 1. The van der Waals surface area contributed by atoms with Gasteiger partial charge in [-0.1, -0.05) is 0 Å². The van der Waals surface area contributed by atoms with Gasteiger partial charge < -0.3 is 10.2 Å². The number of nitrogens with zero attached hydrogens (tertiary/aromatic N) is 2. The first-order chi connectivity index (χ1) is 4.86. The molecular weight excluding hydrogens is 126 g/mol. The van der Waals surface area contributed by atoms with Gasteiger partial charge in [0.25, 0.3) is 0 Å². The zero-order valence-corrected chi connectivity index (χ0v) is 6.25. The lowest BCUT2D eigenvalue weighted by Gasteiger charge is -2.30. The Bertz CT molecular complexity index is 155. The largest absolute Gasteiger partial charge is 0.370 e. The number of hydrogen-bond acceptors (Lipinski definition) is 3. The molecule has 2 aliphatic rings. The second-order valence-corrected chi connectivity index (χ2v) is 3.17. The molecule has 0 amide bonds. The van der Waals surface area contributed by atoms with Crippen molar-refractivity contribution in [2.45, 2.75) is 18.5 Å². The Morgan fingerprint density at radius 2 is 2.60 bits per heavy atom. The van der Waals surface area contributed by atoms with Crippen molar-refractivity contribution < 1.29 is 0 Å². The van der Waals surface area contributed by atoms with Crippen molar-refractivity contribution in [2.75, 3.05) is 20.1 Å². The SMILES string of the molecule is CN1CCC2N=CNC2C1. The molecule has 2 unspecified atom stereocenters. The number of likely N-dealkylation sites (tertiary alicyclic amines) is 1. The van der Waals surface area contributed by atoms with Gasteiger partial charge in [0.15, 0.2) is 0 Å². The second kappa shape index (κ2) is 2.23. The summed E-state index contributed by atoms with van der Waals surface area (Å²) >= 11 is 0. The van der Waals surface area contributed by atoms with Crippen LogP contribution in [0.4, 0.5) is 0 Å². The van der Waals surface area contributed by atoms with E-state index in [1.807, 2.05) is 6.34 Å². The Morgan fingerprint density at radius 3 is 3.50 bits per heavy atom. The molecule has 3 nitrogen and oxygen atoms in total. The predicted octanol–water partition coefficient (Wildman–Crippen LogP) is -0.309. The molecule has 0 bridgehead atoms. The highest BCUT2D eigenvalue weighted by Gasteiger charge is 2.28. The van der Waals surface area contributed by atoms with Crippen molar-refractivity contribution >= 4 is 6.34 Å². The van der Waals surface area contributed by atoms with Crippen molar-refractivity contribution in [3.05, 3.63) is 0 Å². The van der Waals surface area contributed by atoms with Gasteiger partial charge in [-0.05, 0) is 13.5 Å². The number of likely N-dealkylation sites (N-methyl/N-ethyl adjacent to an activating group) is 1. The van der Waals surface area contributed by atoms with Crippen LogP contribution in [0.15, 0.2) is 4.99 Å². The van der Waals surface area contributed by atoms with Crippen LogP contribution in [-0.2, 0) is 0 Å². The fraction of sp³-hybridized carbons (Fsp3) is 0.857. The molecule has 2 aliphatic heterocycles. The van der Waals surface area contributed by atoms with Crippen LogP contribution in [0, 0.1) is 0 Å². The maximum absolute atomic E-state index is 4.33. The van der Waals surface area contributed by atoms with Gasteiger partial charge in [-0.25, -0.2) is 0 Å². The summed E-state index contributed by atoms with van der Waals surface area (Å²) in [6.45, 7) is 2.34. The molecule has 56 valence electrons. The van der Waals surface area contributed by atoms with E-state index >= 15 is 0 Å². The van der Waals surface area contributed by atoms with Crippen molar-refractivity contribution in [1.29, 1.82) is 0 Å². The van der Waals surface area contributed by atoms with E-state index in [4.69, 9.17) is 0 Å². The number of hydrogen-bond donors (Lipinski definition) is 1. The predicted molar refractivity (Wildman–Crippen MR) is 41.3 cm³/mol. The molecule has 0 aromatic rings. The number of nitrogens with one attached hydrogen (secondary N) is 1. The molecule has 0 radical (unpaired) electrons. The summed E-state index contributed by atoms with van der Waals surface area (Å²) in [5.74, 6) is 0. The molecule has 2 atom stereocenters. The fourth-order valence-electron chi connectivity index (χ4n) is 1.68. The van der Waals surface area contributed by atoms with E-state index in [9.17, 15) is 0 Å². The Hall–Kier alpha value is -0.570. The smallest absolute Gasteiger partial charge is 0.0831 e. The standard InChI is InChI=1S/C7H13N3/c1-10-3-2-6-7(4-10)9-5-8-6/h5-7H,2-4H2,1H3,(H,8,9). The average Bonchev–Trinajstić information content (AvgIpc) is 2.33. The molecule has 1 fully saturated rings. The lowest BCUT2D eigenvalue weighted by molar-refractivity contribution is 0.229. The van der Waals surface area contributed by atoms with Crippen molar-refractivity contribution in [1.82, 2.24) is 10.2 Å². The normalized spacial score (nSPS) is 39.3. The van der Waals surface area contributed by atoms with E-state index in [1.54, 1.807) is 0 Å². The monoisotopic (exact) mass is 139 g/mol. The third-order valence-electron chi connectivity index (χ3n) is 2.33. The van der Waals surface area contributed by atoms with Gasteiger partial charge in [0.2, 0.25) is 0 Å². The van der Waals surface area contributed by atoms with E-state index in [1.165, 1.54) is 13.0 Å². The van der Waals surface area contributed by atoms with E-state index in [2.05, 4.69) is 22.3 Å². The second-order valence-electron chi connectivity index (χ2n) is 3.17. The molecular formula is C7H13N3. The lowest BCUT2D eigenvalue weighted by atomic mass is 10.0. The van der Waals surface area contributed by atoms with E-state index in [0.717, 1.165) is 6.54 Å². The fourth-order valence-corrected chi connectivity index (χ4v) is 1.68. The van der Waals surface area contributed by atoms with Crippen molar-refractivity contribution in [2.24, 2.45) is 4.99 Å². The van der Waals surface area contributed by atoms with Gasteiger partial charge in [-0.15, -0.1) is 0 Å². The zero-order valence-electron chi connectivity index (χ0n) is 6.25. The van der Waals surface area contributed by atoms with Crippen LogP contribution in [0.3, 0.4) is 0 Å². The van der Waals surface area contributed by atoms with Crippen molar-refractivity contribution in [3.63, 3.8) is 0 Å². The molecule has 0 aromatic carbocycles. The minimum absolute atomic E-state index is 0.566. The maximum atomic E-state index is 4.33. The quantitative estimate of drug-likeness (QED) is 0.498. The number of aliphatic imine (C=N–C) groups is 1. The molecule has 0 spiro atoms. The van der Waals surface area contributed by atoms with Gasteiger partial charge in [0.05, 0.1) is 18.4 Å². The summed E-state index contributed by atoms with van der Waals surface area (Å²) in [5, 5.41) is 3.26. The molecule has 10 heavy (non-hydrogen) atoms.